The Hall–Kier alpha value is -1.22. The highest BCUT2D eigenvalue weighted by molar-refractivity contribution is 7.80. The van der Waals surface area contributed by atoms with E-state index in [9.17, 15) is 4.79 Å². The van der Waals surface area contributed by atoms with Gasteiger partial charge in [-0.15, -0.1) is 11.3 Å². The van der Waals surface area contributed by atoms with Crippen LogP contribution in [0.25, 0.3) is 0 Å². The molecule has 0 aromatic carbocycles. The number of thiophene rings is 1. The van der Waals surface area contributed by atoms with Crippen molar-refractivity contribution in [1.29, 1.82) is 0 Å². The minimum atomic E-state index is -0.305. The fraction of sp³-hybridized carbons (Fsp3) is 0.667. The largest absolute Gasteiger partial charge is 0.462 e. The van der Waals surface area contributed by atoms with E-state index in [0.29, 0.717) is 30.4 Å². The molecule has 1 aromatic heterocycles. The first kappa shape index (κ1) is 21.1. The number of ether oxygens (including phenoxy) is 2. The lowest BCUT2D eigenvalue weighted by atomic mass is 9.81. The first-order valence-electron chi connectivity index (χ1n) is 8.77. The van der Waals surface area contributed by atoms with Crippen LogP contribution in [0, 0.1) is 0 Å². The average molecular weight is 400 g/mol. The van der Waals surface area contributed by atoms with Crippen molar-refractivity contribution in [1.82, 2.24) is 10.6 Å². The van der Waals surface area contributed by atoms with Gasteiger partial charge in [-0.05, 0) is 58.8 Å². The Morgan fingerprint density at radius 1 is 1.35 bits per heavy atom. The van der Waals surface area contributed by atoms with Crippen LogP contribution in [-0.2, 0) is 21.4 Å². The number of hydrogen-bond acceptors (Lipinski definition) is 6. The molecule has 2 rings (SSSR count). The van der Waals surface area contributed by atoms with Gasteiger partial charge in [-0.3, -0.25) is 0 Å². The summed E-state index contributed by atoms with van der Waals surface area (Å²) >= 11 is 6.92. The van der Waals surface area contributed by atoms with Crippen LogP contribution in [0.5, 0.6) is 0 Å². The molecule has 0 atom stereocenters. The van der Waals surface area contributed by atoms with E-state index in [2.05, 4.69) is 43.6 Å². The third kappa shape index (κ3) is 4.73. The molecule has 0 amide bonds. The molecule has 0 saturated carbocycles. The van der Waals surface area contributed by atoms with E-state index in [1.54, 1.807) is 18.4 Å². The van der Waals surface area contributed by atoms with Crippen molar-refractivity contribution >= 4 is 39.6 Å². The van der Waals surface area contributed by atoms with Gasteiger partial charge in [0.1, 0.15) is 5.00 Å². The molecular weight excluding hydrogens is 370 g/mol. The summed E-state index contributed by atoms with van der Waals surface area (Å²) in [5.74, 6) is -0.305. The molecule has 1 aromatic rings. The van der Waals surface area contributed by atoms with Crippen molar-refractivity contribution in [3.8, 4) is 0 Å². The Balaban J connectivity index is 2.40. The Kier molecular flexibility index (Phi) is 6.65. The van der Waals surface area contributed by atoms with Crippen molar-refractivity contribution in [2.45, 2.75) is 52.1 Å². The van der Waals surface area contributed by atoms with Gasteiger partial charge in [0.2, 0.25) is 0 Å². The lowest BCUT2D eigenvalue weighted by Crippen LogP contribution is -2.55. The summed E-state index contributed by atoms with van der Waals surface area (Å²) in [6.07, 6.45) is 0.752. The van der Waals surface area contributed by atoms with Crippen molar-refractivity contribution in [3.63, 3.8) is 0 Å². The highest BCUT2D eigenvalue weighted by Crippen LogP contribution is 2.45. The third-order valence-corrected chi connectivity index (χ3v) is 5.86. The number of carbonyl (C=O) groups excluding carboxylic acids is 1. The highest BCUT2D eigenvalue weighted by atomic mass is 32.1. The highest BCUT2D eigenvalue weighted by Gasteiger charge is 2.42. The second-order valence-corrected chi connectivity index (χ2v) is 8.95. The molecule has 8 heteroatoms. The number of rotatable bonds is 6. The van der Waals surface area contributed by atoms with Crippen LogP contribution in [0.3, 0.4) is 0 Å². The van der Waals surface area contributed by atoms with E-state index in [0.717, 1.165) is 21.9 Å². The van der Waals surface area contributed by atoms with Gasteiger partial charge in [-0.25, -0.2) is 4.79 Å². The minimum Gasteiger partial charge on any atom is -0.462 e. The van der Waals surface area contributed by atoms with Crippen LogP contribution in [0.15, 0.2) is 0 Å². The van der Waals surface area contributed by atoms with E-state index in [1.165, 1.54) is 0 Å². The number of methoxy groups -OCH3 is 1. The molecule has 26 heavy (non-hydrogen) atoms. The molecule has 0 saturated heterocycles. The van der Waals surface area contributed by atoms with Gasteiger partial charge in [-0.2, -0.15) is 0 Å². The fourth-order valence-corrected chi connectivity index (χ4v) is 4.99. The number of carbonyl (C=O) groups is 1. The molecular formula is C18H29N3O3S2. The second kappa shape index (κ2) is 8.21. The number of esters is 1. The summed E-state index contributed by atoms with van der Waals surface area (Å²) in [6.45, 7) is 11.9. The van der Waals surface area contributed by atoms with Crippen LogP contribution < -0.4 is 16.0 Å². The lowest BCUT2D eigenvalue weighted by molar-refractivity contribution is 0.0526. The van der Waals surface area contributed by atoms with Crippen molar-refractivity contribution in [3.05, 3.63) is 16.0 Å². The van der Waals surface area contributed by atoms with E-state index < -0.39 is 0 Å². The molecule has 3 N–H and O–H groups in total. The van der Waals surface area contributed by atoms with E-state index >= 15 is 0 Å². The number of anilines is 1. The molecule has 0 unspecified atom stereocenters. The predicted molar refractivity (Wildman–Crippen MR) is 110 cm³/mol. The second-order valence-electron chi connectivity index (χ2n) is 7.52. The number of nitrogens with one attached hydrogen (secondary N) is 3. The van der Waals surface area contributed by atoms with Gasteiger partial charge < -0.3 is 25.4 Å². The molecule has 0 aliphatic carbocycles. The van der Waals surface area contributed by atoms with Crippen molar-refractivity contribution < 1.29 is 14.3 Å². The lowest BCUT2D eigenvalue weighted by Gasteiger charge is -2.42. The number of thiocarbonyl (C=S) groups is 1. The standard InChI is InChI=1S/C18H29N3O3S2/c1-7-24-15(22)12-11-10-17(2,3)21-18(4,5)13(11)26-14(12)20-16(25)19-8-9-23-6/h21H,7-10H2,1-6H3,(H2,19,20,25). The summed E-state index contributed by atoms with van der Waals surface area (Å²) < 4.78 is 10.4. The predicted octanol–water partition coefficient (Wildman–Crippen LogP) is 3.02. The first-order valence-corrected chi connectivity index (χ1v) is 10.00. The first-order chi connectivity index (χ1) is 12.1. The van der Waals surface area contributed by atoms with E-state index in [4.69, 9.17) is 21.7 Å². The van der Waals surface area contributed by atoms with Crippen LogP contribution in [-0.4, -0.2) is 43.5 Å². The number of hydrogen-bond donors (Lipinski definition) is 3. The summed E-state index contributed by atoms with van der Waals surface area (Å²) in [7, 11) is 1.64. The monoisotopic (exact) mass is 399 g/mol. The zero-order valence-corrected chi connectivity index (χ0v) is 18.0. The molecule has 0 bridgehead atoms. The maximum Gasteiger partial charge on any atom is 0.341 e. The normalized spacial score (nSPS) is 17.3. The average Bonchev–Trinajstić information content (AvgIpc) is 2.84. The minimum absolute atomic E-state index is 0.118. The van der Waals surface area contributed by atoms with Crippen LogP contribution in [0.2, 0.25) is 0 Å². The van der Waals surface area contributed by atoms with Gasteiger partial charge in [0.05, 0.1) is 18.8 Å². The van der Waals surface area contributed by atoms with E-state index in [-0.39, 0.29) is 17.0 Å². The molecule has 146 valence electrons. The fourth-order valence-electron chi connectivity index (χ4n) is 3.45. The maximum absolute atomic E-state index is 12.7. The molecule has 0 spiro atoms. The summed E-state index contributed by atoms with van der Waals surface area (Å²) in [6, 6.07) is 0. The molecule has 1 aliphatic rings. The maximum atomic E-state index is 12.7. The molecule has 2 heterocycles. The van der Waals surface area contributed by atoms with Gasteiger partial charge in [0.25, 0.3) is 0 Å². The quantitative estimate of drug-likeness (QED) is 0.386. The van der Waals surface area contributed by atoms with E-state index in [1.807, 2.05) is 6.92 Å². The Labute approximate surface area is 165 Å². The SMILES string of the molecule is CCOC(=O)c1c(NC(=S)NCCOC)sc2c1CC(C)(C)NC2(C)C. The van der Waals surface area contributed by atoms with Gasteiger partial charge in [0.15, 0.2) is 5.11 Å². The van der Waals surface area contributed by atoms with Crippen LogP contribution >= 0.6 is 23.6 Å². The van der Waals surface area contributed by atoms with Crippen molar-refractivity contribution in [2.24, 2.45) is 0 Å². The molecule has 0 radical (unpaired) electrons. The molecule has 0 fully saturated rings. The van der Waals surface area contributed by atoms with Crippen LogP contribution in [0.1, 0.15) is 55.4 Å². The molecule has 6 nitrogen and oxygen atoms in total. The van der Waals surface area contributed by atoms with Crippen LogP contribution in [0.4, 0.5) is 5.00 Å². The summed E-state index contributed by atoms with van der Waals surface area (Å²) in [5, 5.41) is 11.1. The smallest absolute Gasteiger partial charge is 0.341 e. The zero-order chi connectivity index (χ0) is 19.5. The van der Waals surface area contributed by atoms with Gasteiger partial charge in [-0.1, -0.05) is 0 Å². The van der Waals surface area contributed by atoms with Gasteiger partial charge >= 0.3 is 5.97 Å². The zero-order valence-electron chi connectivity index (χ0n) is 16.4. The molecule has 1 aliphatic heterocycles. The Bertz CT molecular complexity index is 683. The summed E-state index contributed by atoms with van der Waals surface area (Å²) in [5.41, 5.74) is 1.29. The topological polar surface area (TPSA) is 71.6 Å². The third-order valence-electron chi connectivity index (χ3n) is 4.14. The van der Waals surface area contributed by atoms with Crippen molar-refractivity contribution in [2.75, 3.05) is 32.2 Å². The number of fused-ring (bicyclic) bond motifs is 1. The Morgan fingerprint density at radius 2 is 2.04 bits per heavy atom. The Morgan fingerprint density at radius 3 is 2.65 bits per heavy atom. The summed E-state index contributed by atoms with van der Waals surface area (Å²) in [4.78, 5) is 13.8. The van der Waals surface area contributed by atoms with Gasteiger partial charge in [0, 0.05) is 29.6 Å².